The van der Waals surface area contributed by atoms with Crippen LogP contribution in [0.15, 0.2) is 188 Å². The molecule has 0 saturated carbocycles. The van der Waals surface area contributed by atoms with Gasteiger partial charge in [-0.2, -0.15) is 0 Å². The fourth-order valence-electron chi connectivity index (χ4n) is 9.69. The Morgan fingerprint density at radius 3 is 2.03 bits per heavy atom. The smallest absolute Gasteiger partial charge is 0.179 e. The summed E-state index contributed by atoms with van der Waals surface area (Å²) in [7, 11) is -0.854. The quantitative estimate of drug-likeness (QED) is 0.125. The fraction of sp³-hybridized carbons (Fsp3) is 0.0769. The van der Waals surface area contributed by atoms with E-state index in [2.05, 4.69) is 212 Å². The summed E-state index contributed by atoms with van der Waals surface area (Å²) in [6.07, 6.45) is 1.94. The van der Waals surface area contributed by atoms with Crippen LogP contribution in [0.5, 0.6) is 0 Å². The van der Waals surface area contributed by atoms with Crippen LogP contribution < -0.4 is 25.6 Å². The van der Waals surface area contributed by atoms with Crippen molar-refractivity contribution in [2.45, 2.75) is 19.3 Å². The van der Waals surface area contributed by atoms with Crippen molar-refractivity contribution in [3.8, 4) is 11.4 Å². The summed E-state index contributed by atoms with van der Waals surface area (Å²) in [5.41, 5.74) is 7.82. The molecular weight excluding hydrogens is 741 g/mol. The minimum Gasteiger partial charge on any atom is -0.327 e. The molecule has 0 aliphatic carbocycles. The number of nitrogens with zero attached hydrogens (tertiary/aromatic N) is 4. The highest BCUT2D eigenvalue weighted by atomic mass is 32.1. The van der Waals surface area contributed by atoms with E-state index in [1.54, 1.807) is 0 Å². The molecule has 4 heterocycles. The molecule has 0 unspecified atom stereocenters. The third-order valence-corrected chi connectivity index (χ3v) is 18.3. The summed E-state index contributed by atoms with van der Waals surface area (Å²) >= 11 is 1.90. The van der Waals surface area contributed by atoms with Gasteiger partial charge in [0.1, 0.15) is 11.6 Å². The number of pyridine rings is 1. The van der Waals surface area contributed by atoms with Crippen molar-refractivity contribution < 1.29 is 0 Å². The molecule has 0 amide bonds. The Balaban J connectivity index is 1.18. The Hall–Kier alpha value is -6.60. The second kappa shape index (κ2) is 13.2. The molecule has 58 heavy (non-hydrogen) atoms. The Kier molecular flexibility index (Phi) is 7.90. The van der Waals surface area contributed by atoms with E-state index >= 15 is 0 Å². The third-order valence-electron chi connectivity index (χ3n) is 12.4. The number of rotatable bonds is 6. The number of thiophene rings is 1. The van der Waals surface area contributed by atoms with E-state index in [0.717, 1.165) is 33.9 Å². The van der Waals surface area contributed by atoms with Gasteiger partial charge in [0.25, 0.3) is 0 Å². The molecule has 0 bridgehead atoms. The largest absolute Gasteiger partial charge is 0.327 e. The summed E-state index contributed by atoms with van der Waals surface area (Å²) in [6.45, 7) is 4.73. The van der Waals surface area contributed by atoms with E-state index in [1.807, 2.05) is 17.5 Å². The number of fused-ring (bicyclic) bond motifs is 7. The van der Waals surface area contributed by atoms with Crippen molar-refractivity contribution in [2.24, 2.45) is 7.05 Å². The average Bonchev–Trinajstić information content (AvgIpc) is 3.82. The third kappa shape index (κ3) is 5.05. The molecule has 278 valence electrons. The Morgan fingerprint density at radius 1 is 0.586 bits per heavy atom. The zero-order valence-electron chi connectivity index (χ0n) is 32.6. The van der Waals surface area contributed by atoms with Crippen LogP contribution in [0, 0.1) is 0 Å². The van der Waals surface area contributed by atoms with Crippen LogP contribution in [0.25, 0.3) is 42.6 Å². The highest BCUT2D eigenvalue weighted by molar-refractivity contribution is 7.26. The van der Waals surface area contributed by atoms with Crippen molar-refractivity contribution in [3.05, 3.63) is 199 Å². The van der Waals surface area contributed by atoms with E-state index in [9.17, 15) is 0 Å². The normalized spacial score (nSPS) is 13.5. The maximum Gasteiger partial charge on any atom is 0.179 e. The van der Waals surface area contributed by atoms with Crippen molar-refractivity contribution in [2.75, 3.05) is 4.90 Å². The highest BCUT2D eigenvalue weighted by Crippen LogP contribution is 2.55. The number of hydrogen-bond acceptors (Lipinski definition) is 4. The number of para-hydroxylation sites is 2. The predicted octanol–water partition coefficient (Wildman–Crippen LogP) is 10.5. The van der Waals surface area contributed by atoms with Crippen LogP contribution in [-0.4, -0.2) is 22.6 Å². The zero-order valence-corrected chi connectivity index (χ0v) is 34.4. The average molecular weight is 781 g/mol. The van der Waals surface area contributed by atoms with Gasteiger partial charge in [-0.3, -0.25) is 4.90 Å². The summed E-state index contributed by atoms with van der Waals surface area (Å²) in [6, 6.07) is 67.1. The number of imidazole rings is 1. The Labute approximate surface area is 343 Å². The maximum atomic E-state index is 5.16. The molecule has 1 aliphatic rings. The van der Waals surface area contributed by atoms with Gasteiger partial charge in [0.2, 0.25) is 0 Å². The van der Waals surface area contributed by atoms with Crippen LogP contribution in [0.1, 0.15) is 25.0 Å². The maximum absolute atomic E-state index is 5.16. The lowest BCUT2D eigenvalue weighted by atomic mass is 9.74. The van der Waals surface area contributed by atoms with Gasteiger partial charge in [0.15, 0.2) is 8.07 Å². The standard InChI is InChI=1S/C52H40N4SSi/c1-52(2)43-26-16-32-53-51(43)56(46-31-30-42-41-25-10-13-29-47(41)57-49(42)48(46)52)36-18-15-24-40(34-36)58(37-19-6-4-7-20-37,38-21-8-5-9-22-38)39-23-14-17-35(33-39)50-54-44-27-11-12-28-45(44)55(50)3/h4-34H,1-3H3. The molecule has 0 radical (unpaired) electrons. The van der Waals surface area contributed by atoms with Gasteiger partial charge < -0.3 is 4.57 Å². The van der Waals surface area contributed by atoms with Crippen LogP contribution in [0.3, 0.4) is 0 Å². The molecule has 7 aromatic carbocycles. The molecule has 0 fully saturated rings. The van der Waals surface area contributed by atoms with E-state index in [-0.39, 0.29) is 5.41 Å². The van der Waals surface area contributed by atoms with Gasteiger partial charge in [-0.1, -0.05) is 153 Å². The first kappa shape index (κ1) is 34.6. The summed E-state index contributed by atoms with van der Waals surface area (Å²) < 4.78 is 4.88. The first-order chi connectivity index (χ1) is 28.4. The summed E-state index contributed by atoms with van der Waals surface area (Å²) in [5.74, 6) is 1.94. The summed E-state index contributed by atoms with van der Waals surface area (Å²) in [5, 5.41) is 7.88. The first-order valence-electron chi connectivity index (χ1n) is 19.9. The van der Waals surface area contributed by atoms with Gasteiger partial charge in [0, 0.05) is 61.2 Å². The molecule has 10 aromatic rings. The van der Waals surface area contributed by atoms with Crippen LogP contribution in [0.2, 0.25) is 0 Å². The van der Waals surface area contributed by atoms with E-state index in [1.165, 1.54) is 57.7 Å². The number of aryl methyl sites for hydroxylation is 1. The van der Waals surface area contributed by atoms with Gasteiger partial charge >= 0.3 is 0 Å². The van der Waals surface area contributed by atoms with Gasteiger partial charge in [-0.15, -0.1) is 11.3 Å². The molecule has 0 spiro atoms. The Morgan fingerprint density at radius 2 is 1.26 bits per heavy atom. The van der Waals surface area contributed by atoms with Gasteiger partial charge in [-0.05, 0) is 63.2 Å². The Bertz CT molecular complexity index is 3140. The molecule has 0 atom stereocenters. The molecule has 6 heteroatoms. The van der Waals surface area contributed by atoms with Crippen molar-refractivity contribution in [1.29, 1.82) is 0 Å². The highest BCUT2D eigenvalue weighted by Gasteiger charge is 2.44. The van der Waals surface area contributed by atoms with E-state index in [4.69, 9.17) is 9.97 Å². The predicted molar refractivity (Wildman–Crippen MR) is 247 cm³/mol. The van der Waals surface area contributed by atoms with Crippen molar-refractivity contribution in [1.82, 2.24) is 14.5 Å². The van der Waals surface area contributed by atoms with Gasteiger partial charge in [0.05, 0.1) is 16.7 Å². The van der Waals surface area contributed by atoms with Gasteiger partial charge in [-0.25, -0.2) is 9.97 Å². The molecule has 0 N–H and O–H groups in total. The molecule has 0 saturated heterocycles. The fourth-order valence-corrected chi connectivity index (χ4v) is 15.9. The second-order valence-corrected chi connectivity index (χ2v) is 20.7. The summed E-state index contributed by atoms with van der Waals surface area (Å²) in [4.78, 5) is 12.7. The van der Waals surface area contributed by atoms with Crippen LogP contribution >= 0.6 is 11.3 Å². The number of benzene rings is 7. The number of hydrogen-bond donors (Lipinski definition) is 0. The lowest BCUT2D eigenvalue weighted by Crippen LogP contribution is -2.74. The number of anilines is 3. The van der Waals surface area contributed by atoms with Crippen LogP contribution in [0.4, 0.5) is 17.2 Å². The van der Waals surface area contributed by atoms with Crippen molar-refractivity contribution >= 4 is 88.6 Å². The van der Waals surface area contributed by atoms with E-state index < -0.39 is 8.07 Å². The molecule has 3 aromatic heterocycles. The monoisotopic (exact) mass is 780 g/mol. The van der Waals surface area contributed by atoms with Crippen molar-refractivity contribution in [3.63, 3.8) is 0 Å². The zero-order chi connectivity index (χ0) is 39.0. The van der Waals surface area contributed by atoms with E-state index in [0.29, 0.717) is 0 Å². The SMILES string of the molecule is Cn1c(-c2cccc([Si](c3ccccc3)(c3ccccc3)c3cccc(N4c5ccc6c(sc7ccccc76)c5C(C)(C)c5cccnc54)c3)c2)nc2ccccc21. The minimum absolute atomic E-state index is 0.268. The molecule has 11 rings (SSSR count). The lowest BCUT2D eigenvalue weighted by Gasteiger charge is -2.42. The lowest BCUT2D eigenvalue weighted by molar-refractivity contribution is 0.634. The second-order valence-electron chi connectivity index (χ2n) is 15.9. The minimum atomic E-state index is -2.98. The first-order valence-corrected chi connectivity index (χ1v) is 22.7. The topological polar surface area (TPSA) is 34.0 Å². The molecule has 1 aliphatic heterocycles. The van der Waals surface area contributed by atoms with Crippen LogP contribution in [-0.2, 0) is 12.5 Å². The molecular formula is C52H40N4SSi. The molecule has 4 nitrogen and oxygen atoms in total. The number of aromatic nitrogens is 3.